The van der Waals surface area contributed by atoms with E-state index in [4.69, 9.17) is 0 Å². The Kier molecular flexibility index (Phi) is 7.71. The first kappa shape index (κ1) is 23.8. The van der Waals surface area contributed by atoms with E-state index in [-0.39, 0.29) is 35.6 Å². The highest BCUT2D eigenvalue weighted by Crippen LogP contribution is 2.27. The normalized spacial score (nSPS) is 22.2. The molecule has 2 fully saturated rings. The predicted molar refractivity (Wildman–Crippen MR) is 128 cm³/mol. The molecule has 2 aliphatic heterocycles. The fourth-order valence-electron chi connectivity index (χ4n) is 5.61. The van der Waals surface area contributed by atoms with Gasteiger partial charge in [0.15, 0.2) is 0 Å². The minimum atomic E-state index is -0.431. The molecule has 0 aromatic heterocycles. The van der Waals surface area contributed by atoms with Gasteiger partial charge in [-0.05, 0) is 42.7 Å². The minimum absolute atomic E-state index is 0.0543. The average Bonchev–Trinajstić information content (AvgIpc) is 2.83. The van der Waals surface area contributed by atoms with Gasteiger partial charge in [-0.1, -0.05) is 57.4 Å². The zero-order valence-corrected chi connectivity index (χ0v) is 20.2. The molecule has 33 heavy (non-hydrogen) atoms. The maximum Gasteiger partial charge on any atom is 0.245 e. The number of likely N-dealkylation sites (tertiary alicyclic amines) is 1. The quantitative estimate of drug-likeness (QED) is 0.740. The van der Waals surface area contributed by atoms with E-state index in [1.54, 1.807) is 0 Å². The summed E-state index contributed by atoms with van der Waals surface area (Å²) >= 11 is 0. The van der Waals surface area contributed by atoms with Gasteiger partial charge < -0.3 is 15.1 Å². The maximum absolute atomic E-state index is 13.6. The first-order chi connectivity index (χ1) is 15.9. The highest BCUT2D eigenvalue weighted by atomic mass is 16.2. The molecule has 1 unspecified atom stereocenters. The summed E-state index contributed by atoms with van der Waals surface area (Å²) in [6, 6.07) is 7.86. The van der Waals surface area contributed by atoms with Crippen LogP contribution in [0.3, 0.4) is 0 Å². The van der Waals surface area contributed by atoms with Crippen LogP contribution < -0.4 is 5.32 Å². The van der Waals surface area contributed by atoms with E-state index in [2.05, 4.69) is 17.4 Å². The number of amides is 3. The number of rotatable bonds is 5. The lowest BCUT2D eigenvalue weighted by atomic mass is 9.88. The number of fused-ring (bicyclic) bond motifs is 1. The number of nitrogens with zero attached hydrogens (tertiary/aromatic N) is 2. The molecule has 180 valence electrons. The van der Waals surface area contributed by atoms with Crippen molar-refractivity contribution in [3.05, 3.63) is 35.4 Å². The van der Waals surface area contributed by atoms with Gasteiger partial charge in [0.1, 0.15) is 6.04 Å². The molecule has 1 saturated heterocycles. The zero-order chi connectivity index (χ0) is 23.4. The van der Waals surface area contributed by atoms with E-state index in [0.717, 1.165) is 44.1 Å². The molecule has 1 saturated carbocycles. The Balaban J connectivity index is 1.37. The topological polar surface area (TPSA) is 69.7 Å². The molecule has 4 rings (SSSR count). The zero-order valence-electron chi connectivity index (χ0n) is 20.2. The molecule has 0 radical (unpaired) electrons. The third kappa shape index (κ3) is 5.77. The number of nitrogens with one attached hydrogen (secondary N) is 1. The summed E-state index contributed by atoms with van der Waals surface area (Å²) in [6.07, 6.45) is 8.17. The molecule has 6 nitrogen and oxygen atoms in total. The van der Waals surface area contributed by atoms with E-state index in [1.807, 2.05) is 35.8 Å². The van der Waals surface area contributed by atoms with Crippen molar-refractivity contribution in [2.75, 3.05) is 13.1 Å². The molecular weight excluding hydrogens is 414 g/mol. The Morgan fingerprint density at radius 2 is 1.64 bits per heavy atom. The summed E-state index contributed by atoms with van der Waals surface area (Å²) in [5.74, 6) is 0.746. The van der Waals surface area contributed by atoms with Gasteiger partial charge in [-0.15, -0.1) is 0 Å². The second-order valence-corrected chi connectivity index (χ2v) is 10.6. The van der Waals surface area contributed by atoms with Gasteiger partial charge in [-0.3, -0.25) is 14.4 Å². The maximum atomic E-state index is 13.6. The third-order valence-corrected chi connectivity index (χ3v) is 7.57. The highest BCUT2D eigenvalue weighted by Gasteiger charge is 2.38. The van der Waals surface area contributed by atoms with Crippen LogP contribution >= 0.6 is 0 Å². The lowest BCUT2D eigenvalue weighted by Crippen LogP contribution is -2.56. The van der Waals surface area contributed by atoms with Crippen molar-refractivity contribution in [3.8, 4) is 0 Å². The Morgan fingerprint density at radius 3 is 2.30 bits per heavy atom. The van der Waals surface area contributed by atoms with E-state index >= 15 is 0 Å². The molecule has 3 amide bonds. The lowest BCUT2D eigenvalue weighted by Gasteiger charge is -2.41. The van der Waals surface area contributed by atoms with Crippen LogP contribution in [0.2, 0.25) is 0 Å². The summed E-state index contributed by atoms with van der Waals surface area (Å²) in [5, 5.41) is 3.25. The monoisotopic (exact) mass is 453 g/mol. The van der Waals surface area contributed by atoms with Crippen LogP contribution in [-0.2, 0) is 27.3 Å². The van der Waals surface area contributed by atoms with E-state index in [1.165, 1.54) is 12.0 Å². The van der Waals surface area contributed by atoms with E-state index in [0.29, 0.717) is 32.5 Å². The summed E-state index contributed by atoms with van der Waals surface area (Å²) in [5.41, 5.74) is 2.31. The van der Waals surface area contributed by atoms with Crippen molar-refractivity contribution < 1.29 is 14.4 Å². The first-order valence-corrected chi connectivity index (χ1v) is 12.9. The summed E-state index contributed by atoms with van der Waals surface area (Å²) in [4.78, 5) is 43.0. The molecule has 1 aromatic rings. The van der Waals surface area contributed by atoms with Crippen LogP contribution in [0.25, 0.3) is 0 Å². The van der Waals surface area contributed by atoms with Crippen LogP contribution in [0.15, 0.2) is 24.3 Å². The number of benzene rings is 1. The van der Waals surface area contributed by atoms with Gasteiger partial charge in [-0.2, -0.15) is 0 Å². The van der Waals surface area contributed by atoms with E-state index < -0.39 is 6.04 Å². The number of hydrogen-bond acceptors (Lipinski definition) is 3. The van der Waals surface area contributed by atoms with Crippen molar-refractivity contribution in [2.45, 2.75) is 90.3 Å². The molecule has 0 bridgehead atoms. The number of piperidine rings is 1. The fraction of sp³-hybridized carbons (Fsp3) is 0.667. The first-order valence-electron chi connectivity index (χ1n) is 12.9. The molecule has 1 atom stereocenters. The lowest BCUT2D eigenvalue weighted by molar-refractivity contribution is -0.148. The molecule has 1 N–H and O–H groups in total. The second kappa shape index (κ2) is 10.7. The van der Waals surface area contributed by atoms with Gasteiger partial charge in [0.25, 0.3) is 0 Å². The Morgan fingerprint density at radius 1 is 0.970 bits per heavy atom. The van der Waals surface area contributed by atoms with Gasteiger partial charge in [0.05, 0.1) is 0 Å². The third-order valence-electron chi connectivity index (χ3n) is 7.57. The van der Waals surface area contributed by atoms with Crippen molar-refractivity contribution in [1.82, 2.24) is 15.1 Å². The van der Waals surface area contributed by atoms with Crippen LogP contribution in [0.4, 0.5) is 0 Å². The summed E-state index contributed by atoms with van der Waals surface area (Å²) in [7, 11) is 0. The molecular formula is C27H39N3O3. The smallest absolute Gasteiger partial charge is 0.245 e. The molecule has 1 aliphatic carbocycles. The second-order valence-electron chi connectivity index (χ2n) is 10.6. The predicted octanol–water partition coefficient (Wildman–Crippen LogP) is 3.67. The number of hydrogen-bond donors (Lipinski definition) is 1. The largest absolute Gasteiger partial charge is 0.353 e. The fourth-order valence-corrected chi connectivity index (χ4v) is 5.61. The highest BCUT2D eigenvalue weighted by molar-refractivity contribution is 5.88. The molecule has 3 aliphatic rings. The average molecular weight is 454 g/mol. The van der Waals surface area contributed by atoms with Crippen LogP contribution in [-0.4, -0.2) is 52.7 Å². The minimum Gasteiger partial charge on any atom is -0.353 e. The van der Waals surface area contributed by atoms with Gasteiger partial charge in [0.2, 0.25) is 17.7 Å². The molecule has 2 heterocycles. The van der Waals surface area contributed by atoms with Crippen molar-refractivity contribution in [1.29, 1.82) is 0 Å². The number of carbonyl (C=O) groups is 3. The summed E-state index contributed by atoms with van der Waals surface area (Å²) in [6.45, 7) is 5.86. The standard InChI is InChI=1S/C27H39N3O3/c1-19(2)16-25(31)30-18-22-11-7-6-10-21(22)17-24(30)27(33)29-14-12-23(13-15-29)28-26(32)20-8-4-3-5-9-20/h6-7,10-11,19-20,23-24H,3-5,8-9,12-18H2,1-2H3,(H,28,32). The van der Waals surface area contributed by atoms with Crippen LogP contribution in [0, 0.1) is 11.8 Å². The summed E-state index contributed by atoms with van der Waals surface area (Å²) < 4.78 is 0. The van der Waals surface area contributed by atoms with Crippen molar-refractivity contribution >= 4 is 17.7 Å². The van der Waals surface area contributed by atoms with Gasteiger partial charge in [0, 0.05) is 44.4 Å². The Labute approximate surface area is 198 Å². The van der Waals surface area contributed by atoms with Crippen LogP contribution in [0.5, 0.6) is 0 Å². The molecule has 0 spiro atoms. The van der Waals surface area contributed by atoms with Gasteiger partial charge in [-0.25, -0.2) is 0 Å². The van der Waals surface area contributed by atoms with E-state index in [9.17, 15) is 14.4 Å². The molecule has 1 aromatic carbocycles. The SMILES string of the molecule is CC(C)CC(=O)N1Cc2ccccc2CC1C(=O)N1CCC(NC(=O)C2CCCCC2)CC1. The Hall–Kier alpha value is -2.37. The number of carbonyl (C=O) groups excluding carboxylic acids is 3. The van der Waals surface area contributed by atoms with Crippen LogP contribution in [0.1, 0.15) is 76.3 Å². The van der Waals surface area contributed by atoms with Crippen molar-refractivity contribution in [3.63, 3.8) is 0 Å². The van der Waals surface area contributed by atoms with Crippen molar-refractivity contribution in [2.24, 2.45) is 11.8 Å². The molecule has 6 heteroatoms. The van der Waals surface area contributed by atoms with Gasteiger partial charge >= 0.3 is 0 Å². The Bertz CT molecular complexity index is 854.